The molecule has 0 saturated heterocycles. The maximum absolute atomic E-state index is 12.6. The van der Waals surface area contributed by atoms with E-state index >= 15 is 0 Å². The Hall–Kier alpha value is -2.77. The van der Waals surface area contributed by atoms with Crippen molar-refractivity contribution in [3.05, 3.63) is 30.3 Å². The molecule has 0 aliphatic heterocycles. The van der Waals surface area contributed by atoms with Crippen LogP contribution in [0.5, 0.6) is 0 Å². The van der Waals surface area contributed by atoms with E-state index in [2.05, 4.69) is 20.6 Å². The largest absolute Gasteiger partial charge is 0.310 e. The molecule has 8 heteroatoms. The Labute approximate surface area is 143 Å². The lowest BCUT2D eigenvalue weighted by atomic mass is 10.0. The fourth-order valence-electron chi connectivity index (χ4n) is 2.83. The maximum Gasteiger partial charge on any atom is 0.239 e. The van der Waals surface area contributed by atoms with Gasteiger partial charge in [-0.05, 0) is 6.42 Å². The number of rotatable bonds is 6. The number of carbonyl (C=O) groups excluding carboxylic acids is 1. The van der Waals surface area contributed by atoms with Gasteiger partial charge in [-0.25, -0.2) is 13.5 Å². The van der Waals surface area contributed by atoms with E-state index in [1.807, 2.05) is 30.3 Å². The molecule has 0 spiro atoms. The number of hydrogen-bond acceptors (Lipinski definition) is 3. The van der Waals surface area contributed by atoms with E-state index in [9.17, 15) is 13.6 Å². The normalized spacial score (nSPS) is 12.7. The van der Waals surface area contributed by atoms with E-state index in [1.165, 1.54) is 0 Å². The number of benzene rings is 1. The van der Waals surface area contributed by atoms with Gasteiger partial charge in [-0.2, -0.15) is 10.2 Å². The number of nitrogens with zero attached hydrogens (tertiary/aromatic N) is 3. The first-order valence-electron chi connectivity index (χ1n) is 8.06. The highest BCUT2D eigenvalue weighted by Gasteiger charge is 2.24. The van der Waals surface area contributed by atoms with Crippen molar-refractivity contribution in [2.24, 2.45) is 13.0 Å². The van der Waals surface area contributed by atoms with Crippen molar-refractivity contribution < 1.29 is 13.6 Å². The zero-order valence-corrected chi connectivity index (χ0v) is 14.0. The van der Waals surface area contributed by atoms with Crippen LogP contribution in [0.2, 0.25) is 0 Å². The molecule has 0 radical (unpaired) electrons. The number of aromatic nitrogens is 4. The van der Waals surface area contributed by atoms with E-state index in [1.54, 1.807) is 18.7 Å². The van der Waals surface area contributed by atoms with Gasteiger partial charge < -0.3 is 5.32 Å². The van der Waals surface area contributed by atoms with Crippen molar-refractivity contribution in [2.75, 3.05) is 5.32 Å². The Kier molecular flexibility index (Phi) is 4.78. The third-order valence-electron chi connectivity index (χ3n) is 4.16. The van der Waals surface area contributed by atoms with Gasteiger partial charge in [0.1, 0.15) is 11.5 Å². The summed E-state index contributed by atoms with van der Waals surface area (Å²) in [4.78, 5) is 12.4. The third-order valence-corrected chi connectivity index (χ3v) is 4.16. The van der Waals surface area contributed by atoms with Crippen molar-refractivity contribution in [2.45, 2.75) is 26.2 Å². The SMILES string of the molecule is CCC(CC(F)F)C(=O)Nc1[nH]nc2c1c(-c1ccccc1)nn2C. The number of amides is 1. The fraction of sp³-hybridized carbons (Fsp3) is 0.353. The lowest BCUT2D eigenvalue weighted by Gasteiger charge is -2.13. The summed E-state index contributed by atoms with van der Waals surface area (Å²) >= 11 is 0. The topological polar surface area (TPSA) is 75.6 Å². The Balaban J connectivity index is 1.96. The Morgan fingerprint density at radius 3 is 2.68 bits per heavy atom. The van der Waals surface area contributed by atoms with Crippen LogP contribution in [0.1, 0.15) is 19.8 Å². The molecular formula is C17H19F2N5O. The van der Waals surface area contributed by atoms with Crippen LogP contribution >= 0.6 is 0 Å². The van der Waals surface area contributed by atoms with Crippen molar-refractivity contribution >= 4 is 22.8 Å². The molecule has 0 bridgehead atoms. The summed E-state index contributed by atoms with van der Waals surface area (Å²) in [6.07, 6.45) is -2.64. The van der Waals surface area contributed by atoms with Crippen molar-refractivity contribution in [1.29, 1.82) is 0 Å². The molecule has 6 nitrogen and oxygen atoms in total. The molecule has 3 aromatic rings. The second-order valence-electron chi connectivity index (χ2n) is 5.86. The number of hydrogen-bond donors (Lipinski definition) is 2. The van der Waals surface area contributed by atoms with Gasteiger partial charge in [0.25, 0.3) is 0 Å². The predicted molar refractivity (Wildman–Crippen MR) is 91.3 cm³/mol. The van der Waals surface area contributed by atoms with Crippen molar-refractivity contribution in [3.8, 4) is 11.3 Å². The van der Waals surface area contributed by atoms with Gasteiger partial charge >= 0.3 is 0 Å². The maximum atomic E-state index is 12.6. The Morgan fingerprint density at radius 1 is 1.32 bits per heavy atom. The molecule has 1 aromatic carbocycles. The summed E-state index contributed by atoms with van der Waals surface area (Å²) in [6, 6.07) is 9.50. The minimum atomic E-state index is -2.52. The minimum absolute atomic E-state index is 0.339. The molecule has 1 amide bonds. The van der Waals surface area contributed by atoms with E-state index in [0.29, 0.717) is 29.0 Å². The van der Waals surface area contributed by atoms with Crippen LogP contribution in [-0.2, 0) is 11.8 Å². The Morgan fingerprint density at radius 2 is 2.04 bits per heavy atom. The van der Waals surface area contributed by atoms with Crippen LogP contribution in [0.4, 0.5) is 14.6 Å². The molecule has 132 valence electrons. The van der Waals surface area contributed by atoms with Gasteiger partial charge in [0.15, 0.2) is 5.65 Å². The van der Waals surface area contributed by atoms with Crippen LogP contribution in [0.25, 0.3) is 22.3 Å². The monoisotopic (exact) mass is 347 g/mol. The molecule has 0 aliphatic rings. The second kappa shape index (κ2) is 7.00. The number of fused-ring (bicyclic) bond motifs is 1. The average molecular weight is 347 g/mol. The smallest absolute Gasteiger partial charge is 0.239 e. The molecule has 3 rings (SSSR count). The van der Waals surface area contributed by atoms with Crippen molar-refractivity contribution in [3.63, 3.8) is 0 Å². The third kappa shape index (κ3) is 3.38. The number of anilines is 1. The summed E-state index contributed by atoms with van der Waals surface area (Å²) in [7, 11) is 1.76. The van der Waals surface area contributed by atoms with Crippen LogP contribution in [0, 0.1) is 5.92 Å². The van der Waals surface area contributed by atoms with Gasteiger partial charge in [0, 0.05) is 24.9 Å². The average Bonchev–Trinajstić information content (AvgIpc) is 3.15. The zero-order chi connectivity index (χ0) is 18.0. The lowest BCUT2D eigenvalue weighted by molar-refractivity contribution is -0.121. The van der Waals surface area contributed by atoms with Gasteiger partial charge in [-0.15, -0.1) is 0 Å². The highest BCUT2D eigenvalue weighted by molar-refractivity contribution is 6.05. The summed E-state index contributed by atoms with van der Waals surface area (Å²) in [5.74, 6) is -0.828. The Bertz CT molecular complexity index is 872. The molecule has 0 saturated carbocycles. The first-order valence-corrected chi connectivity index (χ1v) is 8.06. The van der Waals surface area contributed by atoms with Crippen LogP contribution < -0.4 is 5.32 Å². The molecule has 1 atom stereocenters. The summed E-state index contributed by atoms with van der Waals surface area (Å²) in [6.45, 7) is 1.72. The van der Waals surface area contributed by atoms with Gasteiger partial charge in [-0.1, -0.05) is 37.3 Å². The minimum Gasteiger partial charge on any atom is -0.310 e. The van der Waals surface area contributed by atoms with Crippen LogP contribution in [0.3, 0.4) is 0 Å². The van der Waals surface area contributed by atoms with E-state index in [-0.39, 0.29) is 0 Å². The summed E-state index contributed by atoms with van der Waals surface area (Å²) in [5, 5.41) is 14.8. The quantitative estimate of drug-likeness (QED) is 0.715. The standard InChI is InChI=1S/C17H19F2N5O/c1-3-10(9-12(18)19)17(25)20-15-13-14(11-7-5-4-6-8-11)23-24(2)16(13)22-21-15/h4-8,10,12H,3,9H2,1-2H3,(H2,20,21,22,25). The van der Waals surface area contributed by atoms with E-state index < -0.39 is 24.7 Å². The molecule has 25 heavy (non-hydrogen) atoms. The van der Waals surface area contributed by atoms with Gasteiger partial charge in [0.05, 0.1) is 5.39 Å². The molecular weight excluding hydrogens is 328 g/mol. The van der Waals surface area contributed by atoms with E-state index in [4.69, 9.17) is 0 Å². The number of nitrogens with one attached hydrogen (secondary N) is 2. The number of H-pyrrole nitrogens is 1. The number of alkyl halides is 2. The molecule has 0 fully saturated rings. The number of aromatic amines is 1. The van der Waals surface area contributed by atoms with Crippen LogP contribution in [-0.4, -0.2) is 32.3 Å². The molecule has 1 unspecified atom stereocenters. The molecule has 2 heterocycles. The number of halogens is 2. The van der Waals surface area contributed by atoms with Gasteiger partial charge in [-0.3, -0.25) is 9.89 Å². The summed E-state index contributed by atoms with van der Waals surface area (Å²) < 4.78 is 26.9. The molecule has 2 aromatic heterocycles. The lowest BCUT2D eigenvalue weighted by Crippen LogP contribution is -2.24. The highest BCUT2D eigenvalue weighted by Crippen LogP contribution is 2.32. The first-order chi connectivity index (χ1) is 12.0. The fourth-order valence-corrected chi connectivity index (χ4v) is 2.83. The molecule has 0 aliphatic carbocycles. The second-order valence-corrected chi connectivity index (χ2v) is 5.86. The summed E-state index contributed by atoms with van der Waals surface area (Å²) in [5.41, 5.74) is 2.13. The molecule has 2 N–H and O–H groups in total. The zero-order valence-electron chi connectivity index (χ0n) is 14.0. The highest BCUT2D eigenvalue weighted by atomic mass is 19.3. The number of aryl methyl sites for hydroxylation is 1. The van der Waals surface area contributed by atoms with Crippen molar-refractivity contribution in [1.82, 2.24) is 20.0 Å². The van der Waals surface area contributed by atoms with E-state index in [0.717, 1.165) is 5.56 Å². The number of carbonyl (C=O) groups is 1. The van der Waals surface area contributed by atoms with Gasteiger partial charge in [0.2, 0.25) is 12.3 Å². The van der Waals surface area contributed by atoms with Crippen LogP contribution in [0.15, 0.2) is 30.3 Å². The first kappa shape index (κ1) is 17.1. The predicted octanol–water partition coefficient (Wildman–Crippen LogP) is 3.58.